The lowest BCUT2D eigenvalue weighted by Crippen LogP contribution is -2.07. The molecular weight excluding hydrogens is 338 g/mol. The van der Waals surface area contributed by atoms with E-state index in [2.05, 4.69) is 51.7 Å². The molecule has 2 atom stereocenters. The zero-order valence-corrected chi connectivity index (χ0v) is 14.7. The summed E-state index contributed by atoms with van der Waals surface area (Å²) in [5.74, 6) is 1.07. The predicted molar refractivity (Wildman–Crippen MR) is 102 cm³/mol. The lowest BCUT2D eigenvalue weighted by molar-refractivity contribution is 0.570. The van der Waals surface area contributed by atoms with E-state index in [1.54, 1.807) is 6.20 Å². The Labute approximate surface area is 155 Å². The molecule has 0 amide bonds. The Morgan fingerprint density at radius 2 is 2.15 bits per heavy atom. The highest BCUT2D eigenvalue weighted by molar-refractivity contribution is 5.93. The van der Waals surface area contributed by atoms with E-state index in [1.165, 1.54) is 17.5 Å². The number of benzene rings is 2. The quantitative estimate of drug-likeness (QED) is 0.553. The summed E-state index contributed by atoms with van der Waals surface area (Å²) in [6.07, 6.45) is 4.07. The van der Waals surface area contributed by atoms with Gasteiger partial charge in [-0.2, -0.15) is 10.4 Å². The molecule has 0 bridgehead atoms. The van der Waals surface area contributed by atoms with Gasteiger partial charge in [0.25, 0.3) is 0 Å². The molecule has 27 heavy (non-hydrogen) atoms. The molecule has 0 unspecified atom stereocenters. The number of H-pyrrole nitrogens is 1. The van der Waals surface area contributed by atoms with E-state index in [4.69, 9.17) is 9.68 Å². The molecule has 0 aliphatic heterocycles. The van der Waals surface area contributed by atoms with Gasteiger partial charge in [0, 0.05) is 11.1 Å². The summed E-state index contributed by atoms with van der Waals surface area (Å²) in [7, 11) is 0. The molecule has 4 aromatic rings. The van der Waals surface area contributed by atoms with Crippen LogP contribution in [0.4, 0.5) is 5.69 Å². The maximum atomic E-state index is 9.15. The third-order valence-electron chi connectivity index (χ3n) is 5.28. The minimum Gasteiger partial charge on any atom is -0.442 e. The van der Waals surface area contributed by atoms with Crippen molar-refractivity contribution in [2.24, 2.45) is 0 Å². The van der Waals surface area contributed by atoms with Gasteiger partial charge in [-0.1, -0.05) is 13.0 Å². The number of oxazole rings is 1. The first-order valence-electron chi connectivity index (χ1n) is 8.90. The van der Waals surface area contributed by atoms with E-state index in [-0.39, 0.29) is 6.04 Å². The van der Waals surface area contributed by atoms with Gasteiger partial charge >= 0.3 is 0 Å². The lowest BCUT2D eigenvalue weighted by Gasteiger charge is -2.16. The van der Waals surface area contributed by atoms with Gasteiger partial charge in [0.05, 0.1) is 29.4 Å². The van der Waals surface area contributed by atoms with Crippen molar-refractivity contribution in [1.82, 2.24) is 15.2 Å². The second-order valence-electron chi connectivity index (χ2n) is 6.99. The maximum absolute atomic E-state index is 9.15. The van der Waals surface area contributed by atoms with Crippen molar-refractivity contribution in [3.63, 3.8) is 0 Å². The van der Waals surface area contributed by atoms with Gasteiger partial charge in [-0.05, 0) is 53.8 Å². The number of aromatic amines is 1. The fraction of sp³-hybridized carbons (Fsp3) is 0.190. The van der Waals surface area contributed by atoms with Crippen molar-refractivity contribution >= 4 is 16.6 Å². The van der Waals surface area contributed by atoms with Crippen LogP contribution in [0.25, 0.3) is 22.4 Å². The Balaban J connectivity index is 1.50. The van der Waals surface area contributed by atoms with Crippen LogP contribution in [-0.4, -0.2) is 15.2 Å². The van der Waals surface area contributed by atoms with Crippen molar-refractivity contribution in [1.29, 1.82) is 5.26 Å². The van der Waals surface area contributed by atoms with E-state index in [0.717, 1.165) is 34.3 Å². The van der Waals surface area contributed by atoms with Gasteiger partial charge in [0.15, 0.2) is 12.2 Å². The Kier molecular flexibility index (Phi) is 3.47. The fourth-order valence-corrected chi connectivity index (χ4v) is 3.96. The van der Waals surface area contributed by atoms with Crippen LogP contribution in [0.15, 0.2) is 53.4 Å². The maximum Gasteiger partial charge on any atom is 0.181 e. The first-order valence-corrected chi connectivity index (χ1v) is 8.90. The zero-order chi connectivity index (χ0) is 18.4. The topological polar surface area (TPSA) is 90.5 Å². The Morgan fingerprint density at radius 3 is 2.96 bits per heavy atom. The molecule has 0 saturated heterocycles. The van der Waals surface area contributed by atoms with Gasteiger partial charge in [0.2, 0.25) is 0 Å². The van der Waals surface area contributed by atoms with Crippen molar-refractivity contribution in [3.8, 4) is 17.5 Å². The first kappa shape index (κ1) is 15.6. The van der Waals surface area contributed by atoms with Crippen LogP contribution in [0.3, 0.4) is 0 Å². The summed E-state index contributed by atoms with van der Waals surface area (Å²) >= 11 is 0. The third-order valence-corrected chi connectivity index (χ3v) is 5.28. The molecule has 0 radical (unpaired) electrons. The zero-order valence-electron chi connectivity index (χ0n) is 14.7. The summed E-state index contributed by atoms with van der Waals surface area (Å²) in [5, 5.41) is 21.2. The standard InChI is InChI=1S/C21H17N5O/c1-12-6-19(15-4-2-13(9-22)7-16(12)15)24-14-3-5-18-17(8-14)21(26-25-18)20-10-23-11-27-20/h2-5,7-8,10-12,19,24H,6H2,1H3,(H,25,26)/t12-,19+/m1/s1. The summed E-state index contributed by atoms with van der Waals surface area (Å²) in [6.45, 7) is 2.21. The van der Waals surface area contributed by atoms with Gasteiger partial charge < -0.3 is 9.73 Å². The number of aromatic nitrogens is 3. The monoisotopic (exact) mass is 355 g/mol. The van der Waals surface area contributed by atoms with Crippen molar-refractivity contribution < 1.29 is 4.42 Å². The number of nitriles is 1. The molecule has 2 aromatic carbocycles. The van der Waals surface area contributed by atoms with Crippen LogP contribution < -0.4 is 5.32 Å². The summed E-state index contributed by atoms with van der Waals surface area (Å²) < 4.78 is 5.40. The van der Waals surface area contributed by atoms with Crippen LogP contribution in [0, 0.1) is 11.3 Å². The van der Waals surface area contributed by atoms with E-state index in [1.807, 2.05) is 18.2 Å². The van der Waals surface area contributed by atoms with Crippen molar-refractivity contribution in [2.45, 2.75) is 25.3 Å². The van der Waals surface area contributed by atoms with Crippen LogP contribution in [0.5, 0.6) is 0 Å². The molecule has 2 aromatic heterocycles. The number of nitrogens with zero attached hydrogens (tertiary/aromatic N) is 3. The molecule has 132 valence electrons. The molecule has 0 fully saturated rings. The largest absolute Gasteiger partial charge is 0.442 e. The van der Waals surface area contributed by atoms with Crippen molar-refractivity contribution in [2.75, 3.05) is 5.32 Å². The summed E-state index contributed by atoms with van der Waals surface area (Å²) in [5.41, 5.74) is 5.98. The van der Waals surface area contributed by atoms with E-state index in [0.29, 0.717) is 11.7 Å². The normalized spacial score (nSPS) is 18.4. The minimum atomic E-state index is 0.223. The molecule has 6 nitrogen and oxygen atoms in total. The number of hydrogen-bond donors (Lipinski definition) is 2. The molecule has 0 saturated carbocycles. The van der Waals surface area contributed by atoms with Crippen molar-refractivity contribution in [3.05, 3.63) is 65.7 Å². The highest BCUT2D eigenvalue weighted by Crippen LogP contribution is 2.42. The number of hydrogen-bond acceptors (Lipinski definition) is 5. The molecule has 0 spiro atoms. The van der Waals surface area contributed by atoms with Crippen LogP contribution in [0.1, 0.15) is 42.0 Å². The molecule has 6 heteroatoms. The highest BCUT2D eigenvalue weighted by atomic mass is 16.3. The van der Waals surface area contributed by atoms with E-state index in [9.17, 15) is 0 Å². The Morgan fingerprint density at radius 1 is 1.22 bits per heavy atom. The fourth-order valence-electron chi connectivity index (χ4n) is 3.96. The summed E-state index contributed by atoms with van der Waals surface area (Å²) in [6, 6.07) is 14.6. The van der Waals surface area contributed by atoms with Gasteiger partial charge in [0.1, 0.15) is 5.69 Å². The second kappa shape index (κ2) is 5.99. The molecule has 1 aliphatic rings. The number of nitrogens with one attached hydrogen (secondary N) is 2. The molecule has 1 aliphatic carbocycles. The van der Waals surface area contributed by atoms with Gasteiger partial charge in [-0.3, -0.25) is 5.10 Å². The average Bonchev–Trinajstić information content (AvgIpc) is 3.41. The van der Waals surface area contributed by atoms with Gasteiger partial charge in [-0.25, -0.2) is 4.98 Å². The predicted octanol–water partition coefficient (Wildman–Crippen LogP) is 4.75. The minimum absolute atomic E-state index is 0.223. The van der Waals surface area contributed by atoms with Crippen LogP contribution in [-0.2, 0) is 0 Å². The average molecular weight is 355 g/mol. The molecule has 5 rings (SSSR count). The third kappa shape index (κ3) is 2.56. The highest BCUT2D eigenvalue weighted by Gasteiger charge is 2.28. The SMILES string of the molecule is C[C@@H]1C[C@H](Nc2ccc3[nH]nc(-c4cnco4)c3c2)c2ccc(C#N)cc21. The first-order chi connectivity index (χ1) is 13.2. The van der Waals surface area contributed by atoms with E-state index >= 15 is 0 Å². The smallest absolute Gasteiger partial charge is 0.181 e. The Bertz CT molecular complexity index is 1170. The number of fused-ring (bicyclic) bond motifs is 2. The van der Waals surface area contributed by atoms with E-state index < -0.39 is 0 Å². The van der Waals surface area contributed by atoms with Crippen LogP contribution in [0.2, 0.25) is 0 Å². The number of rotatable bonds is 3. The number of anilines is 1. The lowest BCUT2D eigenvalue weighted by atomic mass is 10.0. The van der Waals surface area contributed by atoms with Crippen LogP contribution >= 0.6 is 0 Å². The Hall–Kier alpha value is -3.59. The summed E-state index contributed by atoms with van der Waals surface area (Å²) in [4.78, 5) is 3.98. The molecule has 2 heterocycles. The molecule has 2 N–H and O–H groups in total. The second-order valence-corrected chi connectivity index (χ2v) is 6.99. The molecular formula is C21H17N5O. The van der Waals surface area contributed by atoms with Gasteiger partial charge in [-0.15, -0.1) is 0 Å².